The maximum atomic E-state index is 12.0. The number of alkyl halides is 7. The second kappa shape index (κ2) is 4.45. The van der Waals surface area contributed by atoms with Crippen LogP contribution in [-0.2, 0) is 0 Å². The van der Waals surface area contributed by atoms with E-state index in [2.05, 4.69) is 0 Å². The monoisotopic (exact) mass is 262 g/mol. The summed E-state index contributed by atoms with van der Waals surface area (Å²) in [5.41, 5.74) is 0. The van der Waals surface area contributed by atoms with Crippen molar-refractivity contribution in [3.63, 3.8) is 0 Å². The molecule has 7 heteroatoms. The highest BCUT2D eigenvalue weighted by Gasteiger charge is 2.53. The molecule has 1 unspecified atom stereocenters. The second-order valence-corrected chi connectivity index (χ2v) is 4.57. The molecule has 0 amide bonds. The minimum Gasteiger partial charge on any atom is -0.168 e. The van der Waals surface area contributed by atoms with Crippen LogP contribution in [0, 0.1) is 0 Å². The topological polar surface area (TPSA) is 0 Å². The van der Waals surface area contributed by atoms with Gasteiger partial charge in [-0.2, -0.15) is 13.2 Å². The van der Waals surface area contributed by atoms with E-state index in [9.17, 15) is 13.2 Å². The van der Waals surface area contributed by atoms with Crippen LogP contribution in [0.5, 0.6) is 0 Å². The molecule has 0 nitrogen and oxygen atoms in total. The van der Waals surface area contributed by atoms with Gasteiger partial charge >= 0.3 is 6.18 Å². The van der Waals surface area contributed by atoms with Gasteiger partial charge in [0.05, 0.1) is 5.38 Å². The predicted molar refractivity (Wildman–Crippen MR) is 45.5 cm³/mol. The van der Waals surface area contributed by atoms with E-state index >= 15 is 0 Å². The molecule has 0 heterocycles. The lowest BCUT2D eigenvalue weighted by Gasteiger charge is -2.24. The lowest BCUT2D eigenvalue weighted by atomic mass is 10.2. The number of hydrogen-bond acceptors (Lipinski definition) is 0. The summed E-state index contributed by atoms with van der Waals surface area (Å²) in [6, 6.07) is 0. The fourth-order valence-electron chi connectivity index (χ4n) is 0.448. The van der Waals surface area contributed by atoms with Crippen LogP contribution in [-0.4, -0.2) is 21.8 Å². The standard InChI is InChI=1S/C5H5Cl4F3/c6-2-3(7)1-4(8,9)5(10,11)12/h3H,1-2H2. The lowest BCUT2D eigenvalue weighted by molar-refractivity contribution is -0.142. The van der Waals surface area contributed by atoms with Crippen molar-refractivity contribution in [1.82, 2.24) is 0 Å². The van der Waals surface area contributed by atoms with E-state index in [-0.39, 0.29) is 5.88 Å². The number of rotatable bonds is 3. The zero-order valence-electron chi connectivity index (χ0n) is 5.64. The van der Waals surface area contributed by atoms with Crippen LogP contribution >= 0.6 is 46.4 Å². The molecular formula is C5H5Cl4F3. The first-order valence-corrected chi connectivity index (χ1v) is 4.58. The Morgan fingerprint density at radius 3 is 1.83 bits per heavy atom. The van der Waals surface area contributed by atoms with Crippen molar-refractivity contribution in [2.45, 2.75) is 22.3 Å². The van der Waals surface area contributed by atoms with Gasteiger partial charge in [-0.05, 0) is 0 Å². The summed E-state index contributed by atoms with van der Waals surface area (Å²) in [4.78, 5) is 0. The summed E-state index contributed by atoms with van der Waals surface area (Å²) in [5, 5.41) is -0.886. The molecule has 0 N–H and O–H groups in total. The minimum absolute atomic E-state index is 0.126. The average molecular weight is 264 g/mol. The van der Waals surface area contributed by atoms with Gasteiger partial charge in [0.25, 0.3) is 0 Å². The van der Waals surface area contributed by atoms with Crippen molar-refractivity contribution >= 4 is 46.4 Å². The molecule has 0 aliphatic rings. The molecular weight excluding hydrogens is 259 g/mol. The van der Waals surface area contributed by atoms with Gasteiger partial charge in [0, 0.05) is 12.3 Å². The van der Waals surface area contributed by atoms with Gasteiger partial charge in [-0.15, -0.1) is 23.2 Å². The number of hydrogen-bond donors (Lipinski definition) is 0. The van der Waals surface area contributed by atoms with Gasteiger partial charge in [0.15, 0.2) is 0 Å². The first kappa shape index (κ1) is 12.9. The van der Waals surface area contributed by atoms with Crippen molar-refractivity contribution in [2.75, 3.05) is 5.88 Å². The smallest absolute Gasteiger partial charge is 0.168 e. The Morgan fingerprint density at radius 2 is 1.58 bits per heavy atom. The molecule has 0 aromatic rings. The third-order valence-corrected chi connectivity index (χ3v) is 2.64. The molecule has 0 saturated carbocycles. The summed E-state index contributed by atoms with van der Waals surface area (Å²) < 4.78 is 33.1. The number of halogens is 7. The highest BCUT2D eigenvalue weighted by atomic mass is 35.5. The van der Waals surface area contributed by atoms with Gasteiger partial charge < -0.3 is 0 Å². The van der Waals surface area contributed by atoms with Gasteiger partial charge in [0.1, 0.15) is 0 Å². The summed E-state index contributed by atoms with van der Waals surface area (Å²) >= 11 is 20.5. The molecule has 12 heavy (non-hydrogen) atoms. The van der Waals surface area contributed by atoms with Gasteiger partial charge in [-0.1, -0.05) is 23.2 Å². The molecule has 0 aliphatic carbocycles. The first-order valence-electron chi connectivity index (χ1n) is 2.85. The van der Waals surface area contributed by atoms with Crippen LogP contribution < -0.4 is 0 Å². The Balaban J connectivity index is 4.22. The molecule has 0 bridgehead atoms. The Bertz CT molecular complexity index is 144. The summed E-state index contributed by atoms with van der Waals surface area (Å²) in [7, 11) is 0. The predicted octanol–water partition coefficient (Wildman–Crippen LogP) is 3.96. The minimum atomic E-state index is -4.69. The maximum Gasteiger partial charge on any atom is 0.421 e. The molecule has 0 fully saturated rings. The van der Waals surface area contributed by atoms with Crippen molar-refractivity contribution < 1.29 is 13.2 Å². The Hall–Kier alpha value is 0.950. The fraction of sp³-hybridized carbons (Fsp3) is 1.00. The summed E-state index contributed by atoms with van der Waals surface area (Å²) in [5.74, 6) is -0.126. The summed E-state index contributed by atoms with van der Waals surface area (Å²) in [6.07, 6.45) is -5.31. The second-order valence-electron chi connectivity index (χ2n) is 2.16. The largest absolute Gasteiger partial charge is 0.421 e. The van der Waals surface area contributed by atoms with Crippen molar-refractivity contribution in [3.05, 3.63) is 0 Å². The molecule has 1 atom stereocenters. The lowest BCUT2D eigenvalue weighted by Crippen LogP contribution is -2.36. The van der Waals surface area contributed by atoms with Crippen molar-refractivity contribution in [3.8, 4) is 0 Å². The van der Waals surface area contributed by atoms with E-state index in [0.717, 1.165) is 0 Å². The third kappa shape index (κ3) is 3.77. The quantitative estimate of drug-likeness (QED) is 0.677. The molecule has 74 valence electrons. The van der Waals surface area contributed by atoms with E-state index in [4.69, 9.17) is 46.4 Å². The Morgan fingerprint density at radius 1 is 1.17 bits per heavy atom. The molecule has 0 aromatic carbocycles. The van der Waals surface area contributed by atoms with Gasteiger partial charge in [-0.25, -0.2) is 0 Å². The van der Waals surface area contributed by atoms with Crippen molar-refractivity contribution in [1.29, 1.82) is 0 Å². The zero-order valence-corrected chi connectivity index (χ0v) is 8.66. The van der Waals surface area contributed by atoms with Crippen LogP contribution in [0.1, 0.15) is 6.42 Å². The van der Waals surface area contributed by atoms with Crippen LogP contribution in [0.3, 0.4) is 0 Å². The Labute approximate surface area is 87.9 Å². The molecule has 0 aliphatic heterocycles. The Kier molecular flexibility index (Phi) is 4.80. The highest BCUT2D eigenvalue weighted by Crippen LogP contribution is 2.43. The van der Waals surface area contributed by atoms with Crippen LogP contribution in [0.15, 0.2) is 0 Å². The van der Waals surface area contributed by atoms with Crippen LogP contribution in [0.2, 0.25) is 0 Å². The van der Waals surface area contributed by atoms with Gasteiger partial charge in [0.2, 0.25) is 4.33 Å². The molecule has 0 radical (unpaired) electrons. The highest BCUT2D eigenvalue weighted by molar-refractivity contribution is 6.49. The normalized spacial score (nSPS) is 16.2. The molecule has 0 spiro atoms. The third-order valence-electron chi connectivity index (χ3n) is 1.06. The SMILES string of the molecule is FC(F)(F)C(Cl)(Cl)CC(Cl)CCl. The average Bonchev–Trinajstić information content (AvgIpc) is 1.84. The van der Waals surface area contributed by atoms with Crippen LogP contribution in [0.4, 0.5) is 13.2 Å². The summed E-state index contributed by atoms with van der Waals surface area (Å²) in [6.45, 7) is 0. The van der Waals surface area contributed by atoms with E-state index < -0.39 is 22.3 Å². The molecule has 0 saturated heterocycles. The molecule has 0 aromatic heterocycles. The maximum absolute atomic E-state index is 12.0. The van der Waals surface area contributed by atoms with E-state index in [1.165, 1.54) is 0 Å². The van der Waals surface area contributed by atoms with E-state index in [1.54, 1.807) is 0 Å². The van der Waals surface area contributed by atoms with Crippen molar-refractivity contribution in [2.24, 2.45) is 0 Å². The van der Waals surface area contributed by atoms with Crippen LogP contribution in [0.25, 0.3) is 0 Å². The van der Waals surface area contributed by atoms with E-state index in [0.29, 0.717) is 0 Å². The van der Waals surface area contributed by atoms with E-state index in [1.807, 2.05) is 0 Å². The fourth-order valence-corrected chi connectivity index (χ4v) is 1.32. The van der Waals surface area contributed by atoms with Gasteiger partial charge in [-0.3, -0.25) is 0 Å². The first-order chi connectivity index (χ1) is 5.20. The zero-order chi connectivity index (χ0) is 9.99. The molecule has 0 rings (SSSR count).